The highest BCUT2D eigenvalue weighted by atomic mass is 31.2. The van der Waals surface area contributed by atoms with Crippen LogP contribution < -0.4 is 4.52 Å². The molecule has 2 aromatic carbocycles. The number of para-hydroxylation sites is 1. The minimum absolute atomic E-state index is 0.0548. The van der Waals surface area contributed by atoms with Gasteiger partial charge in [-0.05, 0) is 24.6 Å². The van der Waals surface area contributed by atoms with Crippen molar-refractivity contribution in [2.24, 2.45) is 0 Å². The Bertz CT molecular complexity index is 758. The molecule has 1 atom stereocenters. The minimum atomic E-state index is -3.89. The molecule has 0 aromatic heterocycles. The maximum Gasteiger partial charge on any atom is 0.586 e. The lowest BCUT2D eigenvalue weighted by Crippen LogP contribution is -2.04. The van der Waals surface area contributed by atoms with Crippen molar-refractivity contribution in [3.63, 3.8) is 0 Å². The number of allylic oxidation sites excluding steroid dienone is 1. The van der Waals surface area contributed by atoms with Crippen LogP contribution in [0.1, 0.15) is 12.5 Å². The van der Waals surface area contributed by atoms with Gasteiger partial charge in [-0.25, -0.2) is 9.36 Å². The second-order valence-electron chi connectivity index (χ2n) is 4.97. The molecule has 0 heterocycles. The van der Waals surface area contributed by atoms with E-state index in [9.17, 15) is 9.36 Å². The molecule has 0 aliphatic rings. The lowest BCUT2D eigenvalue weighted by Gasteiger charge is -2.17. The van der Waals surface area contributed by atoms with Crippen LogP contribution in [0.2, 0.25) is 0 Å². The third-order valence-electron chi connectivity index (χ3n) is 2.98. The van der Waals surface area contributed by atoms with E-state index in [2.05, 4.69) is 0 Å². The SMILES string of the molecule is COP(=O)(O/C(C)=C\C(=O)OCc1ccccc1)Oc1ccccc1. The van der Waals surface area contributed by atoms with Crippen LogP contribution in [-0.4, -0.2) is 13.1 Å². The Hall–Kier alpha value is -2.56. The Morgan fingerprint density at radius 2 is 1.64 bits per heavy atom. The number of carbonyl (C=O) groups excluding carboxylic acids is 1. The molecule has 7 heteroatoms. The fourth-order valence-electron chi connectivity index (χ4n) is 1.84. The van der Waals surface area contributed by atoms with Crippen LogP contribution in [0.25, 0.3) is 0 Å². The van der Waals surface area contributed by atoms with Crippen LogP contribution in [0.4, 0.5) is 0 Å². The maximum absolute atomic E-state index is 12.5. The van der Waals surface area contributed by atoms with E-state index in [1.807, 2.05) is 30.3 Å². The predicted octanol–water partition coefficient (Wildman–Crippen LogP) is 4.48. The number of esters is 1. The molecule has 0 radical (unpaired) electrons. The molecule has 0 aliphatic heterocycles. The first kappa shape index (κ1) is 18.8. The Balaban J connectivity index is 1.93. The average Bonchev–Trinajstić information content (AvgIpc) is 2.61. The summed E-state index contributed by atoms with van der Waals surface area (Å²) in [5, 5.41) is 0. The standard InChI is InChI=1S/C18H19O6P/c1-15(13-18(19)22-14-16-9-5-3-6-10-16)23-25(20,21-2)24-17-11-7-4-8-12-17/h3-13H,14H2,1-2H3/b15-13-. The van der Waals surface area contributed by atoms with Crippen molar-refractivity contribution in [1.29, 1.82) is 0 Å². The number of hydrogen-bond acceptors (Lipinski definition) is 6. The first-order valence-corrected chi connectivity index (χ1v) is 8.96. The quantitative estimate of drug-likeness (QED) is 0.298. The summed E-state index contributed by atoms with van der Waals surface area (Å²) in [4.78, 5) is 11.8. The van der Waals surface area contributed by atoms with Crippen molar-refractivity contribution in [3.8, 4) is 5.75 Å². The largest absolute Gasteiger partial charge is 0.586 e. The molecule has 0 fully saturated rings. The van der Waals surface area contributed by atoms with Crippen molar-refractivity contribution < 1.29 is 27.7 Å². The van der Waals surface area contributed by atoms with Gasteiger partial charge in [-0.2, -0.15) is 0 Å². The highest BCUT2D eigenvalue weighted by Gasteiger charge is 2.29. The summed E-state index contributed by atoms with van der Waals surface area (Å²) in [5.74, 6) is -0.241. The average molecular weight is 362 g/mol. The molecule has 1 unspecified atom stereocenters. The summed E-state index contributed by atoms with van der Waals surface area (Å²) < 4.78 is 32.8. The van der Waals surface area contributed by atoms with Gasteiger partial charge < -0.3 is 13.8 Å². The van der Waals surface area contributed by atoms with Gasteiger partial charge in [-0.15, -0.1) is 0 Å². The Kier molecular flexibility index (Phi) is 6.81. The van der Waals surface area contributed by atoms with E-state index < -0.39 is 13.8 Å². The van der Waals surface area contributed by atoms with Gasteiger partial charge in [0.05, 0.1) is 6.08 Å². The zero-order chi connectivity index (χ0) is 18.1. The zero-order valence-corrected chi connectivity index (χ0v) is 14.8. The number of hydrogen-bond donors (Lipinski definition) is 0. The number of phosphoric ester groups is 1. The van der Waals surface area contributed by atoms with Gasteiger partial charge in [-0.3, -0.25) is 4.52 Å². The second-order valence-corrected chi connectivity index (χ2v) is 6.60. The monoisotopic (exact) mass is 362 g/mol. The van der Waals surface area contributed by atoms with Gasteiger partial charge in [0.15, 0.2) is 0 Å². The smallest absolute Gasteiger partial charge is 0.458 e. The van der Waals surface area contributed by atoms with E-state index in [4.69, 9.17) is 18.3 Å². The normalized spacial score (nSPS) is 13.6. The molecule has 0 bridgehead atoms. The van der Waals surface area contributed by atoms with Gasteiger partial charge in [-0.1, -0.05) is 48.5 Å². The van der Waals surface area contributed by atoms with E-state index in [0.29, 0.717) is 5.75 Å². The zero-order valence-electron chi connectivity index (χ0n) is 14.0. The highest BCUT2D eigenvalue weighted by molar-refractivity contribution is 7.49. The highest BCUT2D eigenvalue weighted by Crippen LogP contribution is 2.50. The molecule has 25 heavy (non-hydrogen) atoms. The van der Waals surface area contributed by atoms with E-state index in [-0.39, 0.29) is 12.4 Å². The third kappa shape index (κ3) is 6.45. The van der Waals surface area contributed by atoms with Gasteiger partial charge in [0, 0.05) is 7.11 Å². The molecule has 0 spiro atoms. The van der Waals surface area contributed by atoms with Crippen LogP contribution >= 0.6 is 7.82 Å². The number of carbonyl (C=O) groups is 1. The third-order valence-corrected chi connectivity index (χ3v) is 4.38. The van der Waals surface area contributed by atoms with Gasteiger partial charge in [0.1, 0.15) is 18.1 Å². The first-order valence-electron chi connectivity index (χ1n) is 7.50. The molecule has 0 saturated heterocycles. The van der Waals surface area contributed by atoms with E-state index in [1.54, 1.807) is 30.3 Å². The van der Waals surface area contributed by atoms with Crippen molar-refractivity contribution in [2.75, 3.05) is 7.11 Å². The van der Waals surface area contributed by atoms with Crippen LogP contribution in [0.15, 0.2) is 72.5 Å². The molecule has 6 nitrogen and oxygen atoms in total. The van der Waals surface area contributed by atoms with Crippen LogP contribution in [0.3, 0.4) is 0 Å². The Morgan fingerprint density at radius 1 is 1.04 bits per heavy atom. The minimum Gasteiger partial charge on any atom is -0.458 e. The molecule has 0 aliphatic carbocycles. The number of benzene rings is 2. The van der Waals surface area contributed by atoms with Crippen molar-refractivity contribution in [1.82, 2.24) is 0 Å². The lowest BCUT2D eigenvalue weighted by atomic mass is 10.2. The molecule has 2 rings (SSSR count). The topological polar surface area (TPSA) is 71.1 Å². The van der Waals surface area contributed by atoms with Crippen LogP contribution in [-0.2, 0) is 29.8 Å². The fourth-order valence-corrected chi connectivity index (χ4v) is 2.81. The number of phosphoric acid groups is 1. The lowest BCUT2D eigenvalue weighted by molar-refractivity contribution is -0.139. The summed E-state index contributed by atoms with van der Waals surface area (Å²) in [6.45, 7) is 1.59. The maximum atomic E-state index is 12.5. The van der Waals surface area contributed by atoms with Crippen molar-refractivity contribution in [3.05, 3.63) is 78.1 Å². The van der Waals surface area contributed by atoms with Crippen molar-refractivity contribution in [2.45, 2.75) is 13.5 Å². The number of ether oxygens (including phenoxy) is 1. The van der Waals surface area contributed by atoms with Crippen molar-refractivity contribution >= 4 is 13.8 Å². The molecular formula is C18H19O6P. The second kappa shape index (κ2) is 9.06. The van der Waals surface area contributed by atoms with E-state index in [1.165, 1.54) is 14.0 Å². The summed E-state index contributed by atoms with van der Waals surface area (Å²) in [7, 11) is -2.69. The Labute approximate surface area is 146 Å². The van der Waals surface area contributed by atoms with E-state index in [0.717, 1.165) is 11.6 Å². The van der Waals surface area contributed by atoms with Gasteiger partial charge in [0.2, 0.25) is 0 Å². The molecular weight excluding hydrogens is 343 g/mol. The molecule has 132 valence electrons. The van der Waals surface area contributed by atoms with Gasteiger partial charge >= 0.3 is 13.8 Å². The fraction of sp³-hybridized carbons (Fsp3) is 0.167. The molecule has 0 amide bonds. The first-order chi connectivity index (χ1) is 12.0. The molecule has 0 N–H and O–H groups in total. The molecule has 2 aromatic rings. The summed E-state index contributed by atoms with van der Waals surface area (Å²) in [5.41, 5.74) is 0.859. The Morgan fingerprint density at radius 3 is 2.24 bits per heavy atom. The van der Waals surface area contributed by atoms with E-state index >= 15 is 0 Å². The molecule has 0 saturated carbocycles. The van der Waals surface area contributed by atoms with Gasteiger partial charge in [0.25, 0.3) is 0 Å². The summed E-state index contributed by atoms with van der Waals surface area (Å²) in [6.07, 6.45) is 1.09. The number of rotatable bonds is 8. The summed E-state index contributed by atoms with van der Waals surface area (Å²) >= 11 is 0. The predicted molar refractivity (Wildman–Crippen MR) is 92.8 cm³/mol. The summed E-state index contributed by atoms with van der Waals surface area (Å²) in [6, 6.07) is 17.7. The van der Waals surface area contributed by atoms with Crippen LogP contribution in [0.5, 0.6) is 5.75 Å². The van der Waals surface area contributed by atoms with Crippen LogP contribution in [0, 0.1) is 0 Å².